The standard InChI is InChI=1S/C16H33NO4S.Na/c1-2-3-4-5-6-7-8-9-10-11-12-13-16(18)17-14-15-22(19,20)21;/h2-15H2,1H3,(H,17,18)(H,19,20,21);/q;+1/p-1. The number of unbranched alkanes of at least 4 members (excludes halogenated alkanes) is 10. The predicted molar refractivity (Wildman–Crippen MR) is 89.8 cm³/mol. The molecule has 0 saturated heterocycles. The quantitative estimate of drug-likeness (QED) is 0.150. The first-order valence-corrected chi connectivity index (χ1v) is 10.2. The molecule has 0 saturated carbocycles. The maximum atomic E-state index is 11.3. The summed E-state index contributed by atoms with van der Waals surface area (Å²) in [5.41, 5.74) is 0. The SMILES string of the molecule is CCCCCCCCCCCCCC([O-])=NCCS(=O)(=O)O.[Na+]. The monoisotopic (exact) mass is 357 g/mol. The van der Waals surface area contributed by atoms with Crippen LogP contribution < -0.4 is 34.7 Å². The van der Waals surface area contributed by atoms with E-state index < -0.39 is 15.9 Å². The van der Waals surface area contributed by atoms with E-state index >= 15 is 0 Å². The molecule has 0 atom stereocenters. The summed E-state index contributed by atoms with van der Waals surface area (Å²) in [6.07, 6.45) is 13.9. The van der Waals surface area contributed by atoms with Crippen LogP contribution in [-0.4, -0.2) is 31.2 Å². The summed E-state index contributed by atoms with van der Waals surface area (Å²) in [5, 5.41) is 11.3. The summed E-state index contributed by atoms with van der Waals surface area (Å²) in [4.78, 5) is 3.61. The number of rotatable bonds is 15. The first-order chi connectivity index (χ1) is 10.5. The summed E-state index contributed by atoms with van der Waals surface area (Å²) in [6.45, 7) is 2.09. The minimum atomic E-state index is -4.01. The number of aliphatic imine (C=N–C) groups is 1. The summed E-state index contributed by atoms with van der Waals surface area (Å²) in [7, 11) is -4.01. The normalized spacial score (nSPS) is 12.2. The van der Waals surface area contributed by atoms with Crippen LogP contribution in [-0.2, 0) is 10.1 Å². The van der Waals surface area contributed by atoms with Crippen LogP contribution in [0.25, 0.3) is 0 Å². The molecule has 0 spiro atoms. The van der Waals surface area contributed by atoms with Gasteiger partial charge in [-0.05, 0) is 18.7 Å². The van der Waals surface area contributed by atoms with Crippen LogP contribution in [0.1, 0.15) is 84.0 Å². The minimum absolute atomic E-state index is 0. The third-order valence-corrected chi connectivity index (χ3v) is 4.33. The molecule has 0 aliphatic rings. The number of hydrogen-bond donors (Lipinski definition) is 1. The van der Waals surface area contributed by atoms with E-state index in [-0.39, 0.29) is 42.0 Å². The fourth-order valence-electron chi connectivity index (χ4n) is 2.31. The zero-order valence-electron chi connectivity index (χ0n) is 14.9. The van der Waals surface area contributed by atoms with Gasteiger partial charge in [0.25, 0.3) is 10.1 Å². The zero-order valence-corrected chi connectivity index (χ0v) is 17.7. The van der Waals surface area contributed by atoms with Gasteiger partial charge in [0.05, 0.1) is 12.3 Å². The molecule has 0 aliphatic heterocycles. The van der Waals surface area contributed by atoms with Gasteiger partial charge in [0.1, 0.15) is 0 Å². The summed E-state index contributed by atoms with van der Waals surface area (Å²) >= 11 is 0. The predicted octanol–water partition coefficient (Wildman–Crippen LogP) is 0.338. The third kappa shape index (κ3) is 22.4. The molecular formula is C16H32NNaO4S. The molecule has 0 rings (SSSR count). The van der Waals surface area contributed by atoms with E-state index in [1.807, 2.05) is 0 Å². The molecule has 0 bridgehead atoms. The first kappa shape index (κ1) is 25.6. The molecule has 0 aromatic heterocycles. The van der Waals surface area contributed by atoms with Crippen molar-refractivity contribution >= 4 is 16.0 Å². The average molecular weight is 357 g/mol. The van der Waals surface area contributed by atoms with Crippen LogP contribution in [0.5, 0.6) is 0 Å². The smallest absolute Gasteiger partial charge is 0.862 e. The van der Waals surface area contributed by atoms with Gasteiger partial charge in [-0.25, -0.2) is 0 Å². The van der Waals surface area contributed by atoms with Crippen molar-refractivity contribution in [1.29, 1.82) is 0 Å². The summed E-state index contributed by atoms with van der Waals surface area (Å²) in [5.74, 6) is -0.739. The van der Waals surface area contributed by atoms with Gasteiger partial charge in [-0.2, -0.15) is 8.42 Å². The van der Waals surface area contributed by atoms with Crippen molar-refractivity contribution in [3.05, 3.63) is 0 Å². The van der Waals surface area contributed by atoms with Gasteiger partial charge >= 0.3 is 29.6 Å². The fourth-order valence-corrected chi connectivity index (χ4v) is 2.63. The second-order valence-electron chi connectivity index (χ2n) is 5.85. The van der Waals surface area contributed by atoms with Gasteiger partial charge < -0.3 is 10.1 Å². The van der Waals surface area contributed by atoms with Crippen molar-refractivity contribution in [3.63, 3.8) is 0 Å². The van der Waals surface area contributed by atoms with Gasteiger partial charge in [-0.3, -0.25) is 4.55 Å². The van der Waals surface area contributed by atoms with Gasteiger partial charge in [-0.1, -0.05) is 71.1 Å². The number of hydrogen-bond acceptors (Lipinski definition) is 4. The Morgan fingerprint density at radius 3 is 1.78 bits per heavy atom. The van der Waals surface area contributed by atoms with Crippen LogP contribution in [0.15, 0.2) is 4.99 Å². The molecule has 0 aromatic carbocycles. The maximum Gasteiger partial charge on any atom is 1.00 e. The van der Waals surface area contributed by atoms with Crippen LogP contribution in [0.2, 0.25) is 0 Å². The van der Waals surface area contributed by atoms with Crippen LogP contribution in [0.3, 0.4) is 0 Å². The van der Waals surface area contributed by atoms with Crippen molar-refractivity contribution in [3.8, 4) is 0 Å². The Bertz CT molecular complexity index is 386. The van der Waals surface area contributed by atoms with E-state index in [4.69, 9.17) is 4.55 Å². The molecule has 0 aliphatic carbocycles. The minimum Gasteiger partial charge on any atom is -0.862 e. The molecule has 132 valence electrons. The molecule has 23 heavy (non-hydrogen) atoms. The van der Waals surface area contributed by atoms with Crippen LogP contribution in [0, 0.1) is 0 Å². The molecule has 0 radical (unpaired) electrons. The van der Waals surface area contributed by atoms with E-state index in [2.05, 4.69) is 11.9 Å². The summed E-state index contributed by atoms with van der Waals surface area (Å²) < 4.78 is 29.4. The fraction of sp³-hybridized carbons (Fsp3) is 0.938. The molecular weight excluding hydrogens is 325 g/mol. The summed E-state index contributed by atoms with van der Waals surface area (Å²) in [6, 6.07) is 0. The Morgan fingerprint density at radius 2 is 1.35 bits per heavy atom. The maximum absolute atomic E-state index is 11.3. The van der Waals surface area contributed by atoms with Crippen molar-refractivity contribution in [2.45, 2.75) is 84.0 Å². The van der Waals surface area contributed by atoms with Crippen molar-refractivity contribution in [2.24, 2.45) is 4.99 Å². The second kappa shape index (κ2) is 17.2. The van der Waals surface area contributed by atoms with Gasteiger partial charge in [0.2, 0.25) is 0 Å². The largest absolute Gasteiger partial charge is 1.00 e. The van der Waals surface area contributed by atoms with Crippen LogP contribution >= 0.6 is 0 Å². The molecule has 7 heteroatoms. The average Bonchev–Trinajstić information content (AvgIpc) is 2.43. The second-order valence-corrected chi connectivity index (χ2v) is 7.42. The first-order valence-electron chi connectivity index (χ1n) is 8.61. The molecule has 0 amide bonds. The zero-order chi connectivity index (χ0) is 16.7. The van der Waals surface area contributed by atoms with Crippen molar-refractivity contribution in [2.75, 3.05) is 12.3 Å². The Labute approximate surface area is 164 Å². The topological polar surface area (TPSA) is 89.8 Å². The number of nitrogens with zero attached hydrogens (tertiary/aromatic N) is 1. The van der Waals surface area contributed by atoms with Gasteiger partial charge in [-0.15, -0.1) is 0 Å². The Kier molecular flexibility index (Phi) is 19.2. The van der Waals surface area contributed by atoms with Gasteiger partial charge in [0, 0.05) is 0 Å². The van der Waals surface area contributed by atoms with Crippen molar-refractivity contribution in [1.82, 2.24) is 0 Å². The Morgan fingerprint density at radius 1 is 0.913 bits per heavy atom. The Balaban J connectivity index is 0. The van der Waals surface area contributed by atoms with E-state index in [9.17, 15) is 13.5 Å². The molecule has 1 N–H and O–H groups in total. The van der Waals surface area contributed by atoms with E-state index in [0.717, 1.165) is 19.3 Å². The van der Waals surface area contributed by atoms with E-state index in [1.165, 1.54) is 51.4 Å². The molecule has 0 fully saturated rings. The molecule has 0 aromatic rings. The van der Waals surface area contributed by atoms with E-state index in [1.54, 1.807) is 0 Å². The molecule has 0 unspecified atom stereocenters. The molecule has 0 heterocycles. The Hall–Kier alpha value is 0.380. The van der Waals surface area contributed by atoms with Crippen molar-refractivity contribution < 1.29 is 47.6 Å². The van der Waals surface area contributed by atoms with Gasteiger partial charge in [0.15, 0.2) is 0 Å². The molecule has 5 nitrogen and oxygen atoms in total. The third-order valence-electron chi connectivity index (χ3n) is 3.63. The van der Waals surface area contributed by atoms with E-state index in [0.29, 0.717) is 6.42 Å². The van der Waals surface area contributed by atoms with Crippen LogP contribution in [0.4, 0.5) is 0 Å².